The van der Waals surface area contributed by atoms with E-state index in [0.29, 0.717) is 5.88 Å². The summed E-state index contributed by atoms with van der Waals surface area (Å²) < 4.78 is -0.658. The molecule has 1 aromatic rings. The lowest BCUT2D eigenvalue weighted by atomic mass is 9.96. The summed E-state index contributed by atoms with van der Waals surface area (Å²) in [6.07, 6.45) is -1.19. The van der Waals surface area contributed by atoms with E-state index in [1.54, 1.807) is 26.0 Å². The summed E-state index contributed by atoms with van der Waals surface area (Å²) in [6, 6.07) is 5.47. The highest BCUT2D eigenvalue weighted by molar-refractivity contribution is 8.01. The Morgan fingerprint density at radius 2 is 1.89 bits per heavy atom. The molecule has 2 aliphatic heterocycles. The van der Waals surface area contributed by atoms with Crippen LogP contribution < -0.4 is 5.32 Å². The van der Waals surface area contributed by atoms with Crippen molar-refractivity contribution in [1.82, 2.24) is 10.2 Å². The molecule has 146 valence electrons. The molecule has 27 heavy (non-hydrogen) atoms. The fraction of sp³-hybridized carbons (Fsp3) is 0.500. The number of aliphatic hydroxyl groups excluding tert-OH is 1. The third-order valence-corrected chi connectivity index (χ3v) is 6.76. The zero-order valence-corrected chi connectivity index (χ0v) is 16.5. The van der Waals surface area contributed by atoms with Crippen LogP contribution in [0.25, 0.3) is 0 Å². The van der Waals surface area contributed by atoms with Gasteiger partial charge in [-0.05, 0) is 25.0 Å². The molecule has 9 heteroatoms. The first-order valence-corrected chi connectivity index (χ1v) is 9.92. The Bertz CT molecular complexity index is 770. The number of aliphatic hydroxyl groups is 1. The van der Waals surface area contributed by atoms with Gasteiger partial charge in [-0.3, -0.25) is 9.59 Å². The first-order chi connectivity index (χ1) is 12.7. The van der Waals surface area contributed by atoms with Gasteiger partial charge >= 0.3 is 5.97 Å². The normalized spacial score (nSPS) is 26.9. The van der Waals surface area contributed by atoms with E-state index in [-0.39, 0.29) is 6.42 Å². The maximum absolute atomic E-state index is 12.4. The van der Waals surface area contributed by atoms with Crippen LogP contribution >= 0.6 is 23.4 Å². The number of hydrogen-bond acceptors (Lipinski definition) is 5. The van der Waals surface area contributed by atoms with Crippen LogP contribution in [0.4, 0.5) is 0 Å². The lowest BCUT2D eigenvalue weighted by molar-refractivity contribution is -0.161. The van der Waals surface area contributed by atoms with Crippen molar-refractivity contribution in [2.24, 2.45) is 0 Å². The van der Waals surface area contributed by atoms with Crippen molar-refractivity contribution in [3.8, 4) is 0 Å². The van der Waals surface area contributed by atoms with Crippen LogP contribution in [0.15, 0.2) is 24.3 Å². The maximum Gasteiger partial charge on any atom is 0.327 e. The largest absolute Gasteiger partial charge is 0.480 e. The molecule has 2 fully saturated rings. The zero-order chi connectivity index (χ0) is 19.9. The van der Waals surface area contributed by atoms with Crippen LogP contribution in [-0.2, 0) is 26.7 Å². The molecule has 4 unspecified atom stereocenters. The molecule has 7 nitrogen and oxygen atoms in total. The molecule has 0 bridgehead atoms. The van der Waals surface area contributed by atoms with Gasteiger partial charge in [-0.15, -0.1) is 23.4 Å². The number of carboxylic acids is 1. The summed E-state index contributed by atoms with van der Waals surface area (Å²) in [5, 5.41) is 21.7. The van der Waals surface area contributed by atoms with Gasteiger partial charge < -0.3 is 20.4 Å². The number of amides is 2. The third kappa shape index (κ3) is 3.66. The predicted molar refractivity (Wildman–Crippen MR) is 101 cm³/mol. The highest BCUT2D eigenvalue weighted by Gasteiger charge is 2.64. The standard InChI is InChI=1S/C18H21ClN2O5S/c1-18(2)13(17(25)26)21-15(24)12(16(21)27-18)20-14(23)11(22)7-9-3-5-10(8-19)6-4-9/h3-6,11-13,16,22H,7-8H2,1-2H3,(H,20,23)(H,25,26). The number of alkyl halides is 1. The average Bonchev–Trinajstić information content (AvgIpc) is 2.88. The minimum absolute atomic E-state index is 0.111. The molecule has 3 N–H and O–H groups in total. The summed E-state index contributed by atoms with van der Waals surface area (Å²) in [7, 11) is 0. The number of nitrogens with one attached hydrogen (secondary N) is 1. The van der Waals surface area contributed by atoms with Crippen molar-refractivity contribution in [3.05, 3.63) is 35.4 Å². The van der Waals surface area contributed by atoms with Crippen LogP contribution in [0.5, 0.6) is 0 Å². The van der Waals surface area contributed by atoms with Crippen molar-refractivity contribution >= 4 is 41.1 Å². The molecule has 2 saturated heterocycles. The smallest absolute Gasteiger partial charge is 0.327 e. The molecule has 0 spiro atoms. The molecular formula is C18H21ClN2O5S. The van der Waals surface area contributed by atoms with Gasteiger partial charge in [-0.25, -0.2) is 4.79 Å². The number of thioether (sulfide) groups is 1. The lowest BCUT2D eigenvalue weighted by Gasteiger charge is -2.43. The van der Waals surface area contributed by atoms with Crippen LogP contribution in [0.2, 0.25) is 0 Å². The van der Waals surface area contributed by atoms with E-state index in [9.17, 15) is 24.6 Å². The number of halogens is 1. The number of aliphatic carboxylic acids is 1. The molecule has 3 rings (SSSR count). The number of fused-ring (bicyclic) bond motifs is 1. The van der Waals surface area contributed by atoms with Crippen LogP contribution in [0, 0.1) is 0 Å². The molecule has 1 aromatic carbocycles. The van der Waals surface area contributed by atoms with Crippen LogP contribution in [0.1, 0.15) is 25.0 Å². The summed E-state index contributed by atoms with van der Waals surface area (Å²) in [5.74, 6) is -1.76. The van der Waals surface area contributed by atoms with E-state index in [1.807, 2.05) is 12.1 Å². The Morgan fingerprint density at radius 1 is 1.30 bits per heavy atom. The molecule has 2 amide bonds. The zero-order valence-electron chi connectivity index (χ0n) is 14.9. The quantitative estimate of drug-likeness (QED) is 0.474. The van der Waals surface area contributed by atoms with E-state index in [1.165, 1.54) is 16.7 Å². The third-order valence-electron chi connectivity index (χ3n) is 4.88. The maximum atomic E-state index is 12.4. The van der Waals surface area contributed by atoms with Gasteiger partial charge in [0.2, 0.25) is 11.8 Å². The first-order valence-electron chi connectivity index (χ1n) is 8.50. The topological polar surface area (TPSA) is 107 Å². The van der Waals surface area contributed by atoms with E-state index in [2.05, 4.69) is 5.32 Å². The molecule has 2 heterocycles. The number of carboxylic acid groups (broad SMARTS) is 1. The number of rotatable bonds is 6. The molecule has 2 aliphatic rings. The summed E-state index contributed by atoms with van der Waals surface area (Å²) in [5.41, 5.74) is 1.71. The monoisotopic (exact) mass is 412 g/mol. The summed E-state index contributed by atoms with van der Waals surface area (Å²) >= 11 is 7.08. The van der Waals surface area contributed by atoms with Gasteiger partial charge in [-0.1, -0.05) is 24.3 Å². The van der Waals surface area contributed by atoms with E-state index in [0.717, 1.165) is 11.1 Å². The Kier molecular flexibility index (Phi) is 5.42. The number of benzene rings is 1. The predicted octanol–water partition coefficient (Wildman–Crippen LogP) is 0.960. The second-order valence-electron chi connectivity index (χ2n) is 7.25. The fourth-order valence-electron chi connectivity index (χ4n) is 3.48. The van der Waals surface area contributed by atoms with Gasteiger partial charge in [0.1, 0.15) is 23.6 Å². The second kappa shape index (κ2) is 7.33. The molecule has 0 aliphatic carbocycles. The Balaban J connectivity index is 1.61. The van der Waals surface area contributed by atoms with Crippen molar-refractivity contribution in [2.75, 3.05) is 0 Å². The van der Waals surface area contributed by atoms with Crippen molar-refractivity contribution in [2.45, 2.75) is 54.5 Å². The average molecular weight is 413 g/mol. The molecular weight excluding hydrogens is 392 g/mol. The number of carbonyl (C=O) groups excluding carboxylic acids is 2. The van der Waals surface area contributed by atoms with Gasteiger partial charge in [0.25, 0.3) is 0 Å². The Hall–Kier alpha value is -1.77. The number of nitrogens with zero attached hydrogens (tertiary/aromatic N) is 1. The summed E-state index contributed by atoms with van der Waals surface area (Å²) in [4.78, 5) is 37.5. The van der Waals surface area contributed by atoms with Crippen molar-refractivity contribution < 1.29 is 24.6 Å². The number of β-lactam (4-membered cyclic amide) rings is 1. The van der Waals surface area contributed by atoms with Crippen LogP contribution in [-0.4, -0.2) is 61.2 Å². The minimum Gasteiger partial charge on any atom is -0.480 e. The molecule has 0 radical (unpaired) electrons. The van der Waals surface area contributed by atoms with Crippen molar-refractivity contribution in [1.29, 1.82) is 0 Å². The second-order valence-corrected chi connectivity index (χ2v) is 9.29. The van der Waals surface area contributed by atoms with Gasteiger partial charge in [0.05, 0.1) is 0 Å². The highest BCUT2D eigenvalue weighted by atomic mass is 35.5. The van der Waals surface area contributed by atoms with E-state index < -0.39 is 46.1 Å². The number of hydrogen-bond donors (Lipinski definition) is 3. The van der Waals surface area contributed by atoms with Gasteiger partial charge in [0.15, 0.2) is 0 Å². The SMILES string of the molecule is CC1(C)SC2C(NC(=O)C(O)Cc3ccc(CCl)cc3)C(=O)N2C1C(=O)O. The molecule has 0 aromatic heterocycles. The lowest BCUT2D eigenvalue weighted by Crippen LogP contribution is -2.71. The van der Waals surface area contributed by atoms with Crippen LogP contribution in [0.3, 0.4) is 0 Å². The fourth-order valence-corrected chi connectivity index (χ4v) is 5.28. The van der Waals surface area contributed by atoms with Gasteiger partial charge in [0, 0.05) is 17.0 Å². The highest BCUT2D eigenvalue weighted by Crippen LogP contribution is 2.50. The Morgan fingerprint density at radius 3 is 2.44 bits per heavy atom. The first kappa shape index (κ1) is 20.0. The van der Waals surface area contributed by atoms with E-state index in [4.69, 9.17) is 11.6 Å². The van der Waals surface area contributed by atoms with E-state index >= 15 is 0 Å². The van der Waals surface area contributed by atoms with Crippen molar-refractivity contribution in [3.63, 3.8) is 0 Å². The summed E-state index contributed by atoms with van der Waals surface area (Å²) in [6.45, 7) is 3.53. The number of carbonyl (C=O) groups is 3. The molecule has 4 atom stereocenters. The minimum atomic E-state index is -1.30. The molecule has 0 saturated carbocycles. The Labute approximate surface area is 166 Å². The van der Waals surface area contributed by atoms with Gasteiger partial charge in [-0.2, -0.15) is 0 Å².